The Morgan fingerprint density at radius 2 is 1.79 bits per heavy atom. The molecule has 1 aliphatic heterocycles. The molecular weight excluding hydrogens is 394 g/mol. The fourth-order valence-electron chi connectivity index (χ4n) is 3.25. The Morgan fingerprint density at radius 3 is 2.45 bits per heavy atom. The largest absolute Gasteiger partial charge is 0.444 e. The number of aryl methyl sites for hydroxylation is 1. The molecule has 0 bridgehead atoms. The third-order valence-electron chi connectivity index (χ3n) is 4.86. The van der Waals surface area contributed by atoms with Gasteiger partial charge >= 0.3 is 6.09 Å². The molecule has 2 aromatic rings. The zero-order chi connectivity index (χ0) is 20.9. The fraction of sp³-hybridized carbons (Fsp3) is 0.381. The number of rotatable bonds is 9. The van der Waals surface area contributed by atoms with Crippen LogP contribution in [0.5, 0.6) is 0 Å². The predicted octanol–water partition coefficient (Wildman–Crippen LogP) is 2.86. The number of carbonyl (C=O) groups is 1. The summed E-state index contributed by atoms with van der Waals surface area (Å²) < 4.78 is 35.9. The van der Waals surface area contributed by atoms with Crippen molar-refractivity contribution in [2.24, 2.45) is 0 Å². The van der Waals surface area contributed by atoms with Crippen molar-refractivity contribution < 1.29 is 27.2 Å². The van der Waals surface area contributed by atoms with Gasteiger partial charge in [-0.3, -0.25) is 9.08 Å². The molecule has 1 saturated heterocycles. The van der Waals surface area contributed by atoms with Crippen molar-refractivity contribution in [3.8, 4) is 0 Å². The van der Waals surface area contributed by atoms with Crippen molar-refractivity contribution in [1.82, 2.24) is 4.90 Å². The van der Waals surface area contributed by atoms with E-state index in [-0.39, 0.29) is 24.7 Å². The van der Waals surface area contributed by atoms with Crippen LogP contribution in [0.1, 0.15) is 24.0 Å². The molecule has 1 aliphatic rings. The zero-order valence-corrected chi connectivity index (χ0v) is 17.0. The maximum atomic E-state index is 12.6. The number of cyclic esters (lactones) is 1. The minimum Gasteiger partial charge on any atom is -0.444 e. The minimum atomic E-state index is -3.97. The molecule has 0 saturated carbocycles. The normalized spacial score (nSPS) is 19.4. The van der Waals surface area contributed by atoms with Crippen LogP contribution in [0.15, 0.2) is 59.5 Å². The molecule has 1 fully saturated rings. The van der Waals surface area contributed by atoms with Crippen molar-refractivity contribution in [2.45, 2.75) is 43.4 Å². The minimum absolute atomic E-state index is 0.0397. The van der Waals surface area contributed by atoms with Gasteiger partial charge in [0.1, 0.15) is 6.10 Å². The topological polar surface area (TPSA) is 93.1 Å². The first kappa shape index (κ1) is 21.3. The lowest BCUT2D eigenvalue weighted by molar-refractivity contribution is 0.109. The summed E-state index contributed by atoms with van der Waals surface area (Å²) in [5.74, 6) is 0. The van der Waals surface area contributed by atoms with Crippen LogP contribution in [0.3, 0.4) is 0 Å². The first-order valence-electron chi connectivity index (χ1n) is 9.49. The molecule has 1 N–H and O–H groups in total. The summed E-state index contributed by atoms with van der Waals surface area (Å²) in [4.78, 5) is 14.0. The third-order valence-corrected chi connectivity index (χ3v) is 6.16. The zero-order valence-electron chi connectivity index (χ0n) is 16.2. The van der Waals surface area contributed by atoms with E-state index in [4.69, 9.17) is 14.0 Å². The third kappa shape index (κ3) is 5.35. The molecule has 8 heteroatoms. The van der Waals surface area contributed by atoms with Gasteiger partial charge in [0.15, 0.2) is 0 Å². The van der Waals surface area contributed by atoms with E-state index in [1.165, 1.54) is 17.0 Å². The highest BCUT2D eigenvalue weighted by Gasteiger charge is 2.42. The van der Waals surface area contributed by atoms with Gasteiger partial charge in [-0.15, -0.1) is 0 Å². The van der Waals surface area contributed by atoms with E-state index in [2.05, 4.69) is 0 Å². The lowest BCUT2D eigenvalue weighted by atomic mass is 10.1. The SMILES string of the molecule is Cc1ccc(S(=O)(=O)OC[C@@H]2[C@@H](CCCO)OC(=O)N2Cc2ccccc2)cc1. The van der Waals surface area contributed by atoms with Crippen molar-refractivity contribution >= 4 is 16.2 Å². The molecule has 0 spiro atoms. The molecule has 3 rings (SSSR count). The van der Waals surface area contributed by atoms with Gasteiger partial charge in [0.05, 0.1) is 17.5 Å². The van der Waals surface area contributed by atoms with Gasteiger partial charge in [-0.1, -0.05) is 48.0 Å². The highest BCUT2D eigenvalue weighted by molar-refractivity contribution is 7.86. The van der Waals surface area contributed by atoms with Crippen molar-refractivity contribution in [3.63, 3.8) is 0 Å². The van der Waals surface area contributed by atoms with Gasteiger partial charge in [0.25, 0.3) is 10.1 Å². The van der Waals surface area contributed by atoms with E-state index in [0.29, 0.717) is 12.8 Å². The fourth-order valence-corrected chi connectivity index (χ4v) is 4.17. The summed E-state index contributed by atoms with van der Waals surface area (Å²) in [6.07, 6.45) is -0.200. The molecule has 1 heterocycles. The second kappa shape index (κ2) is 9.39. The van der Waals surface area contributed by atoms with Gasteiger partial charge in [-0.05, 0) is 37.5 Å². The van der Waals surface area contributed by atoms with Crippen molar-refractivity contribution in [3.05, 3.63) is 65.7 Å². The Kier molecular flexibility index (Phi) is 6.89. The van der Waals surface area contributed by atoms with Crippen LogP contribution in [0.25, 0.3) is 0 Å². The number of nitrogens with zero attached hydrogens (tertiary/aromatic N) is 1. The number of hydrogen-bond donors (Lipinski definition) is 1. The van der Waals surface area contributed by atoms with Crippen LogP contribution in [-0.4, -0.2) is 49.9 Å². The number of aliphatic hydroxyl groups is 1. The maximum absolute atomic E-state index is 12.6. The van der Waals surface area contributed by atoms with E-state index in [9.17, 15) is 13.2 Å². The van der Waals surface area contributed by atoms with Crippen LogP contribution in [0.2, 0.25) is 0 Å². The van der Waals surface area contributed by atoms with Gasteiger partial charge in [-0.25, -0.2) is 4.79 Å². The number of amides is 1. The van der Waals surface area contributed by atoms with E-state index in [1.54, 1.807) is 12.1 Å². The Labute approximate surface area is 171 Å². The second-order valence-corrected chi connectivity index (χ2v) is 8.64. The first-order chi connectivity index (χ1) is 13.9. The number of benzene rings is 2. The van der Waals surface area contributed by atoms with Gasteiger partial charge in [0, 0.05) is 13.2 Å². The molecule has 0 aliphatic carbocycles. The molecule has 7 nitrogen and oxygen atoms in total. The van der Waals surface area contributed by atoms with Crippen LogP contribution in [0, 0.1) is 6.92 Å². The maximum Gasteiger partial charge on any atom is 0.410 e. The molecule has 0 aromatic heterocycles. The van der Waals surface area contributed by atoms with Crippen molar-refractivity contribution in [1.29, 1.82) is 0 Å². The van der Waals surface area contributed by atoms with E-state index in [1.807, 2.05) is 37.3 Å². The highest BCUT2D eigenvalue weighted by atomic mass is 32.2. The average Bonchev–Trinajstić information content (AvgIpc) is 3.00. The molecule has 156 valence electrons. The van der Waals surface area contributed by atoms with Crippen LogP contribution in [0.4, 0.5) is 4.79 Å². The standard InChI is InChI=1S/C21H25NO6S/c1-16-9-11-18(12-10-16)29(25,26)27-15-19-20(8-5-13-23)28-21(24)22(19)14-17-6-3-2-4-7-17/h2-4,6-7,9-12,19-20,23H,5,8,13-15H2,1H3/t19-,20-/m1/s1. The Morgan fingerprint density at radius 1 is 1.10 bits per heavy atom. The summed E-state index contributed by atoms with van der Waals surface area (Å²) in [5.41, 5.74) is 1.84. The first-order valence-corrected chi connectivity index (χ1v) is 10.9. The van der Waals surface area contributed by atoms with Gasteiger partial charge in [-0.2, -0.15) is 8.42 Å². The quantitative estimate of drug-likeness (QED) is 0.628. The second-order valence-electron chi connectivity index (χ2n) is 7.02. The lowest BCUT2D eigenvalue weighted by Crippen LogP contribution is -2.40. The number of carbonyl (C=O) groups excluding carboxylic acids is 1. The molecule has 0 radical (unpaired) electrons. The molecule has 2 aromatic carbocycles. The monoisotopic (exact) mass is 419 g/mol. The molecular formula is C21H25NO6S. The Balaban J connectivity index is 1.76. The van der Waals surface area contributed by atoms with E-state index < -0.39 is 28.4 Å². The average molecular weight is 419 g/mol. The Hall–Kier alpha value is -2.42. The van der Waals surface area contributed by atoms with Crippen LogP contribution in [-0.2, 0) is 25.6 Å². The summed E-state index contributed by atoms with van der Waals surface area (Å²) in [5, 5.41) is 9.13. The molecule has 29 heavy (non-hydrogen) atoms. The Bertz CT molecular complexity index is 914. The summed E-state index contributed by atoms with van der Waals surface area (Å²) in [7, 11) is -3.97. The number of aliphatic hydroxyl groups excluding tert-OH is 1. The lowest BCUT2D eigenvalue weighted by Gasteiger charge is -2.24. The summed E-state index contributed by atoms with van der Waals surface area (Å²) in [6.45, 7) is 1.90. The molecule has 2 atom stereocenters. The van der Waals surface area contributed by atoms with Gasteiger partial charge in [0.2, 0.25) is 0 Å². The van der Waals surface area contributed by atoms with Gasteiger partial charge < -0.3 is 9.84 Å². The van der Waals surface area contributed by atoms with Crippen LogP contribution < -0.4 is 0 Å². The van der Waals surface area contributed by atoms with E-state index in [0.717, 1.165) is 11.1 Å². The van der Waals surface area contributed by atoms with Crippen molar-refractivity contribution in [2.75, 3.05) is 13.2 Å². The molecule has 1 amide bonds. The van der Waals surface area contributed by atoms with Crippen LogP contribution >= 0.6 is 0 Å². The number of hydrogen-bond acceptors (Lipinski definition) is 6. The highest BCUT2D eigenvalue weighted by Crippen LogP contribution is 2.27. The smallest absolute Gasteiger partial charge is 0.410 e. The molecule has 0 unspecified atom stereocenters. The summed E-state index contributed by atoms with van der Waals surface area (Å²) >= 11 is 0. The van der Waals surface area contributed by atoms with E-state index >= 15 is 0 Å². The number of ether oxygens (including phenoxy) is 1. The summed E-state index contributed by atoms with van der Waals surface area (Å²) in [6, 6.07) is 15.2. The predicted molar refractivity (Wildman–Crippen MR) is 107 cm³/mol.